The van der Waals surface area contributed by atoms with Crippen LogP contribution in [-0.2, 0) is 6.61 Å². The molecule has 5 heteroatoms. The minimum atomic E-state index is 0.408. The van der Waals surface area contributed by atoms with Gasteiger partial charge < -0.3 is 9.72 Å². The van der Waals surface area contributed by atoms with Crippen LogP contribution in [0.2, 0.25) is 5.02 Å². The highest BCUT2D eigenvalue weighted by Gasteiger charge is 2.11. The van der Waals surface area contributed by atoms with Crippen molar-refractivity contribution in [3.8, 4) is 11.8 Å². The highest BCUT2D eigenvalue weighted by molar-refractivity contribution is 6.30. The molecule has 1 heterocycles. The summed E-state index contributed by atoms with van der Waals surface area (Å²) in [5.74, 6) is 1.17. The molecule has 4 rings (SSSR count). The Kier molecular flexibility index (Phi) is 5.33. The van der Waals surface area contributed by atoms with Gasteiger partial charge in [-0.15, -0.1) is 0 Å². The lowest BCUT2D eigenvalue weighted by Crippen LogP contribution is -1.97. The van der Waals surface area contributed by atoms with Gasteiger partial charge in [0.05, 0.1) is 16.6 Å². The topological polar surface area (TPSA) is 61.7 Å². The van der Waals surface area contributed by atoms with Crippen LogP contribution in [0, 0.1) is 18.3 Å². The zero-order chi connectivity index (χ0) is 20.2. The van der Waals surface area contributed by atoms with Gasteiger partial charge in [-0.3, -0.25) is 0 Å². The molecule has 0 saturated carbocycles. The number of nitrogens with zero attached hydrogens (tertiary/aromatic N) is 2. The maximum absolute atomic E-state index is 9.74. The van der Waals surface area contributed by atoms with E-state index >= 15 is 0 Å². The minimum Gasteiger partial charge on any atom is -0.488 e. The number of ether oxygens (including phenoxy) is 1. The Morgan fingerprint density at radius 1 is 1.14 bits per heavy atom. The molecule has 4 nitrogen and oxygen atoms in total. The monoisotopic (exact) mass is 399 g/mol. The highest BCUT2D eigenvalue weighted by atomic mass is 35.5. The molecular weight excluding hydrogens is 382 g/mol. The molecule has 0 aliphatic carbocycles. The first-order valence-corrected chi connectivity index (χ1v) is 9.55. The van der Waals surface area contributed by atoms with E-state index in [-0.39, 0.29) is 0 Å². The maximum Gasteiger partial charge on any atom is 0.149 e. The summed E-state index contributed by atoms with van der Waals surface area (Å²) in [6.07, 6.45) is 1.75. The van der Waals surface area contributed by atoms with Gasteiger partial charge in [0.2, 0.25) is 0 Å². The summed E-state index contributed by atoms with van der Waals surface area (Å²) in [4.78, 5) is 7.77. The summed E-state index contributed by atoms with van der Waals surface area (Å²) < 4.78 is 5.99. The number of halogens is 1. The molecule has 0 radical (unpaired) electrons. The molecule has 3 aromatic carbocycles. The number of aromatic nitrogens is 2. The van der Waals surface area contributed by atoms with Crippen molar-refractivity contribution >= 4 is 34.3 Å². The first-order valence-electron chi connectivity index (χ1n) is 9.17. The Morgan fingerprint density at radius 2 is 1.97 bits per heavy atom. The van der Waals surface area contributed by atoms with Gasteiger partial charge in [0.1, 0.15) is 24.3 Å². The average molecular weight is 400 g/mol. The molecule has 0 bridgehead atoms. The average Bonchev–Trinajstić information content (AvgIpc) is 3.15. The molecule has 142 valence electrons. The maximum atomic E-state index is 9.74. The van der Waals surface area contributed by atoms with Crippen molar-refractivity contribution in [3.05, 3.63) is 94.3 Å². The number of aryl methyl sites for hydroxylation is 1. The third kappa shape index (κ3) is 4.31. The fourth-order valence-corrected chi connectivity index (χ4v) is 3.24. The molecule has 0 aliphatic rings. The van der Waals surface area contributed by atoms with E-state index < -0.39 is 0 Å². The van der Waals surface area contributed by atoms with Crippen LogP contribution in [0.15, 0.2) is 66.7 Å². The Labute approximate surface area is 174 Å². The van der Waals surface area contributed by atoms with Gasteiger partial charge >= 0.3 is 0 Å². The van der Waals surface area contributed by atoms with Gasteiger partial charge in [0.25, 0.3) is 0 Å². The van der Waals surface area contributed by atoms with E-state index in [0.29, 0.717) is 28.8 Å². The SMILES string of the molecule is Cc1ccc2nc(/C(C#N)=C/c3cc(Cl)ccc3OCc3ccccc3)[nH]c2c1. The van der Waals surface area contributed by atoms with Crippen LogP contribution in [0.4, 0.5) is 0 Å². The summed E-state index contributed by atoms with van der Waals surface area (Å²) >= 11 is 6.20. The minimum absolute atomic E-state index is 0.408. The summed E-state index contributed by atoms with van der Waals surface area (Å²) in [6, 6.07) is 23.5. The van der Waals surface area contributed by atoms with Crippen LogP contribution in [0.25, 0.3) is 22.7 Å². The number of nitrogens with one attached hydrogen (secondary N) is 1. The lowest BCUT2D eigenvalue weighted by molar-refractivity contribution is 0.305. The van der Waals surface area contributed by atoms with Gasteiger partial charge in [0, 0.05) is 10.6 Å². The van der Waals surface area contributed by atoms with Crippen LogP contribution in [0.3, 0.4) is 0 Å². The molecule has 0 fully saturated rings. The largest absolute Gasteiger partial charge is 0.488 e. The molecule has 1 aromatic heterocycles. The van der Waals surface area contributed by atoms with Crippen LogP contribution >= 0.6 is 11.6 Å². The van der Waals surface area contributed by atoms with E-state index in [2.05, 4.69) is 16.0 Å². The van der Waals surface area contributed by atoms with E-state index in [1.807, 2.05) is 61.5 Å². The van der Waals surface area contributed by atoms with Gasteiger partial charge in [-0.1, -0.05) is 48.0 Å². The van der Waals surface area contributed by atoms with E-state index in [1.165, 1.54) is 0 Å². The number of imidazole rings is 1. The summed E-state index contributed by atoms with van der Waals surface area (Å²) in [6.45, 7) is 2.44. The first kappa shape index (κ1) is 18.8. The summed E-state index contributed by atoms with van der Waals surface area (Å²) in [7, 11) is 0. The molecule has 4 aromatic rings. The second kappa shape index (κ2) is 8.22. The predicted octanol–water partition coefficient (Wildman–Crippen LogP) is 6.17. The Balaban J connectivity index is 1.69. The number of aromatic amines is 1. The van der Waals surface area contributed by atoms with Gasteiger partial charge in [-0.25, -0.2) is 4.98 Å². The molecule has 0 saturated heterocycles. The molecule has 1 N–H and O–H groups in total. The van der Waals surface area contributed by atoms with Crippen molar-refractivity contribution in [1.82, 2.24) is 9.97 Å². The number of rotatable bonds is 5. The molecule has 0 spiro atoms. The summed E-state index contributed by atoms with van der Waals surface area (Å²) in [5, 5.41) is 10.3. The summed E-state index contributed by atoms with van der Waals surface area (Å²) in [5.41, 5.74) is 5.03. The number of benzene rings is 3. The van der Waals surface area contributed by atoms with E-state index in [9.17, 15) is 5.26 Å². The fraction of sp³-hybridized carbons (Fsp3) is 0.0833. The standard InChI is InChI=1S/C24H18ClN3O/c1-16-7-9-21-22(11-16)28-24(27-21)19(14-26)12-18-13-20(25)8-10-23(18)29-15-17-5-3-2-4-6-17/h2-13H,15H2,1H3,(H,27,28)/b19-12+. The van der Waals surface area contributed by atoms with Crippen molar-refractivity contribution < 1.29 is 4.74 Å². The third-order valence-corrected chi connectivity index (χ3v) is 4.76. The fourth-order valence-electron chi connectivity index (χ4n) is 3.06. The third-order valence-electron chi connectivity index (χ3n) is 4.52. The molecule has 0 atom stereocenters. The normalized spacial score (nSPS) is 11.4. The van der Waals surface area contributed by atoms with Gasteiger partial charge in [-0.05, 0) is 54.5 Å². The number of hydrogen-bond donors (Lipinski definition) is 1. The molecule has 0 unspecified atom stereocenters. The number of hydrogen-bond acceptors (Lipinski definition) is 3. The number of nitriles is 1. The lowest BCUT2D eigenvalue weighted by Gasteiger charge is -2.10. The Morgan fingerprint density at radius 3 is 2.76 bits per heavy atom. The highest BCUT2D eigenvalue weighted by Crippen LogP contribution is 2.28. The number of H-pyrrole nitrogens is 1. The van der Waals surface area contributed by atoms with E-state index in [0.717, 1.165) is 27.7 Å². The van der Waals surface area contributed by atoms with Crippen molar-refractivity contribution in [2.24, 2.45) is 0 Å². The molecule has 29 heavy (non-hydrogen) atoms. The van der Waals surface area contributed by atoms with Crippen LogP contribution in [0.1, 0.15) is 22.5 Å². The smallest absolute Gasteiger partial charge is 0.149 e. The molecular formula is C24H18ClN3O. The molecule has 0 aliphatic heterocycles. The number of fused-ring (bicyclic) bond motifs is 1. The van der Waals surface area contributed by atoms with Crippen LogP contribution in [0.5, 0.6) is 5.75 Å². The van der Waals surface area contributed by atoms with Crippen LogP contribution in [-0.4, -0.2) is 9.97 Å². The van der Waals surface area contributed by atoms with Crippen molar-refractivity contribution in [2.75, 3.05) is 0 Å². The Bertz CT molecular complexity index is 1240. The van der Waals surface area contributed by atoms with Crippen LogP contribution < -0.4 is 4.74 Å². The zero-order valence-electron chi connectivity index (χ0n) is 15.8. The van der Waals surface area contributed by atoms with Crippen molar-refractivity contribution in [2.45, 2.75) is 13.5 Å². The van der Waals surface area contributed by atoms with Gasteiger partial charge in [-0.2, -0.15) is 5.26 Å². The quantitative estimate of drug-likeness (QED) is 0.408. The van der Waals surface area contributed by atoms with E-state index in [1.54, 1.807) is 18.2 Å². The van der Waals surface area contributed by atoms with Gasteiger partial charge in [0.15, 0.2) is 0 Å². The second-order valence-electron chi connectivity index (χ2n) is 6.73. The predicted molar refractivity (Wildman–Crippen MR) is 117 cm³/mol. The number of allylic oxidation sites excluding steroid dienone is 1. The Hall–Kier alpha value is -3.55. The second-order valence-corrected chi connectivity index (χ2v) is 7.17. The molecule has 0 amide bonds. The van der Waals surface area contributed by atoms with Crippen molar-refractivity contribution in [3.63, 3.8) is 0 Å². The zero-order valence-corrected chi connectivity index (χ0v) is 16.6. The lowest BCUT2D eigenvalue weighted by atomic mass is 10.1. The first-order chi connectivity index (χ1) is 14.1. The van der Waals surface area contributed by atoms with Crippen molar-refractivity contribution in [1.29, 1.82) is 5.26 Å². The van der Waals surface area contributed by atoms with E-state index in [4.69, 9.17) is 16.3 Å².